The number of nitrogens with zero attached hydrogens (tertiary/aromatic N) is 1. The Labute approximate surface area is 203 Å². The summed E-state index contributed by atoms with van der Waals surface area (Å²) in [5, 5.41) is 0. The third-order valence-corrected chi connectivity index (χ3v) is 7.09. The highest BCUT2D eigenvalue weighted by molar-refractivity contribution is 7.39. The summed E-state index contributed by atoms with van der Waals surface area (Å²) in [5.74, 6) is 1.21. The first-order valence-corrected chi connectivity index (χ1v) is 13.3. The van der Waals surface area contributed by atoms with Crippen molar-refractivity contribution < 1.29 is 14.3 Å². The molecule has 184 valence electrons. The highest BCUT2D eigenvalue weighted by Crippen LogP contribution is 2.49. The van der Waals surface area contributed by atoms with E-state index < -0.39 is 14.1 Å². The summed E-state index contributed by atoms with van der Waals surface area (Å²) in [6.45, 7) is 18.0. The molecule has 0 fully saturated rings. The van der Waals surface area contributed by atoms with Gasteiger partial charge in [-0.1, -0.05) is 91.8 Å². The molecule has 0 unspecified atom stereocenters. The van der Waals surface area contributed by atoms with E-state index >= 15 is 0 Å². The summed E-state index contributed by atoms with van der Waals surface area (Å²) >= 11 is 0. The Morgan fingerprint density at radius 2 is 1.00 bits per heavy atom. The monoisotopic (exact) mass is 473 g/mol. The lowest BCUT2D eigenvalue weighted by Gasteiger charge is -2.46. The number of rotatable bonds is 10. The predicted molar refractivity (Wildman–Crippen MR) is 141 cm³/mol. The Morgan fingerprint density at radius 3 is 1.21 bits per heavy atom. The minimum atomic E-state index is -2.50. The molecule has 0 radical (unpaired) electrons. The zero-order valence-electron chi connectivity index (χ0n) is 22.2. The van der Waals surface area contributed by atoms with E-state index in [1.165, 1.54) is 33.4 Å². The van der Waals surface area contributed by atoms with Crippen LogP contribution >= 0.6 is 8.60 Å². The van der Waals surface area contributed by atoms with Crippen molar-refractivity contribution in [3.8, 4) is 0 Å². The summed E-state index contributed by atoms with van der Waals surface area (Å²) in [7, 11) is 1.68. The summed E-state index contributed by atoms with van der Waals surface area (Å²) < 4.78 is 5.75. The third kappa shape index (κ3) is 5.69. The smallest absolute Gasteiger partial charge is 0.327 e. The molecule has 0 saturated carbocycles. The molecule has 2 aromatic rings. The molecular formula is C28H44NO3P. The predicted octanol–water partition coefficient (Wildman–Crippen LogP) is 7.21. The first-order chi connectivity index (χ1) is 15.4. The molecule has 0 aliphatic rings. The van der Waals surface area contributed by atoms with Gasteiger partial charge in [-0.3, -0.25) is 4.90 Å². The van der Waals surface area contributed by atoms with Crippen molar-refractivity contribution in [1.82, 2.24) is 4.90 Å². The molecule has 33 heavy (non-hydrogen) atoms. The lowest BCUT2D eigenvalue weighted by atomic mass is 9.69. The molecule has 4 nitrogen and oxygen atoms in total. The fraction of sp³-hybridized carbons (Fsp3) is 0.571. The first kappa shape index (κ1) is 28.0. The largest absolute Gasteiger partial charge is 0.328 e. The second kappa shape index (κ2) is 11.4. The highest BCUT2D eigenvalue weighted by atomic mass is 31.2. The van der Waals surface area contributed by atoms with E-state index in [9.17, 15) is 9.79 Å². The summed E-state index contributed by atoms with van der Waals surface area (Å²) in [4.78, 5) is 22.0. The maximum atomic E-state index is 9.88. The Kier molecular flexibility index (Phi) is 9.68. The van der Waals surface area contributed by atoms with Gasteiger partial charge >= 0.3 is 8.60 Å². The van der Waals surface area contributed by atoms with Gasteiger partial charge < -0.3 is 14.3 Å². The van der Waals surface area contributed by atoms with Crippen LogP contribution in [0.4, 0.5) is 0 Å². The molecule has 0 aliphatic carbocycles. The molecule has 2 rings (SSSR count). The van der Waals surface area contributed by atoms with Gasteiger partial charge in [0.25, 0.3) is 0 Å². The van der Waals surface area contributed by atoms with Gasteiger partial charge in [0.2, 0.25) is 0 Å². The topological polar surface area (TPSA) is 52.9 Å². The van der Waals surface area contributed by atoms with Crippen molar-refractivity contribution in [1.29, 1.82) is 0 Å². The van der Waals surface area contributed by atoms with Gasteiger partial charge in [-0.2, -0.15) is 0 Å². The Bertz CT molecular complexity index is 803. The van der Waals surface area contributed by atoms with Gasteiger partial charge in [0.15, 0.2) is 0 Å². The molecule has 0 bridgehead atoms. The van der Waals surface area contributed by atoms with Gasteiger partial charge in [-0.15, -0.1) is 0 Å². The average molecular weight is 474 g/mol. The van der Waals surface area contributed by atoms with Crippen molar-refractivity contribution in [3.05, 3.63) is 69.8 Å². The van der Waals surface area contributed by atoms with Crippen LogP contribution in [0, 0.1) is 0 Å². The minimum Gasteiger partial charge on any atom is -0.328 e. The summed E-state index contributed by atoms with van der Waals surface area (Å²) in [6, 6.07) is 13.2. The summed E-state index contributed by atoms with van der Waals surface area (Å²) in [6.07, 6.45) is 0. The van der Waals surface area contributed by atoms with Gasteiger partial charge in [0.05, 0.1) is 12.1 Å². The van der Waals surface area contributed by atoms with E-state index in [1.54, 1.807) is 0 Å². The lowest BCUT2D eigenvalue weighted by molar-refractivity contribution is 0.101. The van der Waals surface area contributed by atoms with Crippen molar-refractivity contribution >= 4 is 8.60 Å². The lowest BCUT2D eigenvalue weighted by Crippen LogP contribution is -2.49. The fourth-order valence-electron chi connectivity index (χ4n) is 5.05. The number of hydrogen-bond acceptors (Lipinski definition) is 4. The van der Waals surface area contributed by atoms with Gasteiger partial charge in [0.1, 0.15) is 0 Å². The molecule has 0 aromatic heterocycles. The first-order valence-electron chi connectivity index (χ1n) is 12.1. The summed E-state index contributed by atoms with van der Waals surface area (Å²) in [5.41, 5.74) is 6.85. The van der Waals surface area contributed by atoms with Gasteiger partial charge in [-0.05, 0) is 71.1 Å². The molecular weight excluding hydrogens is 429 g/mol. The average Bonchev–Trinajstić information content (AvgIpc) is 2.73. The van der Waals surface area contributed by atoms with Gasteiger partial charge in [-0.25, -0.2) is 0 Å². The van der Waals surface area contributed by atoms with Crippen molar-refractivity contribution in [3.63, 3.8) is 0 Å². The van der Waals surface area contributed by atoms with Crippen LogP contribution in [-0.4, -0.2) is 35.4 Å². The molecule has 2 N–H and O–H groups in total. The zero-order chi connectivity index (χ0) is 25.1. The third-order valence-electron chi connectivity index (χ3n) is 6.73. The maximum absolute atomic E-state index is 9.88. The zero-order valence-corrected chi connectivity index (χ0v) is 23.1. The molecule has 0 heterocycles. The van der Waals surface area contributed by atoms with Crippen LogP contribution in [0.2, 0.25) is 0 Å². The molecule has 5 heteroatoms. The van der Waals surface area contributed by atoms with Crippen LogP contribution in [0.25, 0.3) is 0 Å². The van der Waals surface area contributed by atoms with Crippen molar-refractivity contribution in [2.24, 2.45) is 0 Å². The normalized spacial score (nSPS) is 12.9. The second-order valence-corrected chi connectivity index (χ2v) is 11.3. The molecule has 0 spiro atoms. The minimum absolute atomic E-state index is 0.158. The van der Waals surface area contributed by atoms with E-state index in [0.717, 1.165) is 0 Å². The Balaban J connectivity index is 3.18. The molecule has 0 atom stereocenters. The van der Waals surface area contributed by atoms with Crippen LogP contribution in [-0.2, 0) is 10.1 Å². The van der Waals surface area contributed by atoms with Crippen molar-refractivity contribution in [2.75, 3.05) is 20.7 Å². The Hall–Kier alpha value is -1.29. The van der Waals surface area contributed by atoms with E-state index in [1.807, 2.05) is 0 Å². The number of benzene rings is 2. The quantitative estimate of drug-likeness (QED) is 0.358. The van der Waals surface area contributed by atoms with Crippen LogP contribution in [0.3, 0.4) is 0 Å². The van der Waals surface area contributed by atoms with E-state index in [2.05, 4.69) is 111 Å². The van der Waals surface area contributed by atoms with E-state index in [0.29, 0.717) is 23.7 Å². The van der Waals surface area contributed by atoms with E-state index in [4.69, 9.17) is 4.52 Å². The molecule has 0 amide bonds. The van der Waals surface area contributed by atoms with Gasteiger partial charge in [0, 0.05) is 0 Å². The molecule has 0 saturated heterocycles. The van der Waals surface area contributed by atoms with E-state index in [-0.39, 0.29) is 6.61 Å². The molecule has 0 aliphatic heterocycles. The highest BCUT2D eigenvalue weighted by Gasteiger charge is 2.45. The van der Waals surface area contributed by atoms with Crippen LogP contribution in [0.15, 0.2) is 36.4 Å². The van der Waals surface area contributed by atoms with Crippen LogP contribution in [0.1, 0.15) is 112 Å². The van der Waals surface area contributed by atoms with Crippen LogP contribution < -0.4 is 0 Å². The maximum Gasteiger partial charge on any atom is 0.327 e. The SMILES string of the molecule is CC(C)c1cccc(C(C)C)c1C(COP(O)O)(c1c(C(C)C)cccc1C(C)C)N(C)C. The standard InChI is InChI=1S/C28H44NO3P/c1-18(2)22-13-11-14-23(19(3)4)26(22)28(29(9)10,17-32-33(30)31)27-24(20(5)6)15-12-16-25(27)21(7)8/h11-16,18-21,30-31H,17H2,1-10H3. The number of likely N-dealkylation sites (N-methyl/N-ethyl adjacent to an activating group) is 1. The Morgan fingerprint density at radius 1 is 0.697 bits per heavy atom. The molecule has 2 aromatic carbocycles. The fourth-order valence-corrected chi connectivity index (χ4v) is 5.36. The second-order valence-electron chi connectivity index (χ2n) is 10.5. The number of hydrogen-bond donors (Lipinski definition) is 2. The van der Waals surface area contributed by atoms with Crippen molar-refractivity contribution in [2.45, 2.75) is 84.6 Å². The van der Waals surface area contributed by atoms with Crippen LogP contribution in [0.5, 0.6) is 0 Å².